The van der Waals surface area contributed by atoms with Crippen LogP contribution >= 0.6 is 0 Å². The zero-order valence-corrected chi connectivity index (χ0v) is 6.13. The van der Waals surface area contributed by atoms with Crippen molar-refractivity contribution in [2.45, 2.75) is 6.42 Å². The highest BCUT2D eigenvalue weighted by molar-refractivity contribution is 5.66. The van der Waals surface area contributed by atoms with Crippen LogP contribution in [0, 0.1) is 11.3 Å². The van der Waals surface area contributed by atoms with Crippen molar-refractivity contribution in [3.63, 3.8) is 0 Å². The zero-order valence-electron chi connectivity index (χ0n) is 6.13. The summed E-state index contributed by atoms with van der Waals surface area (Å²) in [4.78, 5) is 11.9. The lowest BCUT2D eigenvalue weighted by atomic mass is 10.5. The highest BCUT2D eigenvalue weighted by Crippen LogP contribution is 1.86. The van der Waals surface area contributed by atoms with Crippen LogP contribution in [0.4, 0.5) is 4.79 Å². The Balaban J connectivity index is 3.33. The Morgan fingerprint density at radius 2 is 2.30 bits per heavy atom. The molecular weight excluding hydrogens is 132 g/mol. The predicted octanol–water partition coefficient (Wildman–Crippen LogP) is 0.598. The van der Waals surface area contributed by atoms with Gasteiger partial charge in [-0.15, -0.1) is 0 Å². The standard InChI is InChI=1S/C6H10N2O2/c1-8(2)6(9)10-5-3-4-7/h3,5H2,1-2H3. The molecule has 0 aromatic rings. The average Bonchev–Trinajstić information content (AvgIpc) is 1.88. The lowest BCUT2D eigenvalue weighted by Crippen LogP contribution is -2.22. The second-order valence-electron chi connectivity index (χ2n) is 1.92. The van der Waals surface area contributed by atoms with E-state index in [4.69, 9.17) is 5.26 Å². The van der Waals surface area contributed by atoms with Gasteiger partial charge in [-0.1, -0.05) is 0 Å². The largest absolute Gasteiger partial charge is 0.448 e. The third-order valence-corrected chi connectivity index (χ3v) is 0.805. The minimum Gasteiger partial charge on any atom is -0.448 e. The van der Waals surface area contributed by atoms with Crippen molar-refractivity contribution < 1.29 is 9.53 Å². The highest BCUT2D eigenvalue weighted by atomic mass is 16.6. The summed E-state index contributed by atoms with van der Waals surface area (Å²) in [5.74, 6) is 0. The number of hydrogen-bond acceptors (Lipinski definition) is 3. The Hall–Kier alpha value is -1.24. The number of hydrogen-bond donors (Lipinski definition) is 0. The Labute approximate surface area is 60.0 Å². The van der Waals surface area contributed by atoms with E-state index in [9.17, 15) is 4.79 Å². The van der Waals surface area contributed by atoms with Gasteiger partial charge in [0.25, 0.3) is 0 Å². The molecule has 0 N–H and O–H groups in total. The van der Waals surface area contributed by atoms with E-state index in [-0.39, 0.29) is 13.0 Å². The monoisotopic (exact) mass is 142 g/mol. The SMILES string of the molecule is CN(C)C(=O)OCCC#N. The molecule has 0 saturated heterocycles. The summed E-state index contributed by atoms with van der Waals surface area (Å²) in [6, 6.07) is 1.87. The molecule has 0 aromatic heterocycles. The average molecular weight is 142 g/mol. The maximum Gasteiger partial charge on any atom is 0.409 e. The van der Waals surface area contributed by atoms with Gasteiger partial charge in [0.1, 0.15) is 6.61 Å². The first-order valence-corrected chi connectivity index (χ1v) is 2.89. The fourth-order valence-corrected chi connectivity index (χ4v) is 0.313. The van der Waals surface area contributed by atoms with Gasteiger partial charge in [0.15, 0.2) is 0 Å². The molecule has 4 heteroatoms. The van der Waals surface area contributed by atoms with Crippen molar-refractivity contribution in [2.75, 3.05) is 20.7 Å². The fourth-order valence-electron chi connectivity index (χ4n) is 0.313. The topological polar surface area (TPSA) is 53.3 Å². The van der Waals surface area contributed by atoms with E-state index >= 15 is 0 Å². The minimum atomic E-state index is -0.407. The molecule has 0 spiro atoms. The van der Waals surface area contributed by atoms with E-state index in [2.05, 4.69) is 4.74 Å². The predicted molar refractivity (Wildman–Crippen MR) is 35.3 cm³/mol. The van der Waals surface area contributed by atoms with Gasteiger partial charge in [0.2, 0.25) is 0 Å². The van der Waals surface area contributed by atoms with E-state index in [1.165, 1.54) is 4.90 Å². The third kappa shape index (κ3) is 3.72. The molecule has 0 aliphatic rings. The minimum absolute atomic E-state index is 0.174. The van der Waals surface area contributed by atoms with E-state index in [1.54, 1.807) is 14.1 Å². The summed E-state index contributed by atoms with van der Waals surface area (Å²) in [5.41, 5.74) is 0. The first-order chi connectivity index (χ1) is 4.68. The van der Waals surface area contributed by atoms with Crippen LogP contribution in [-0.4, -0.2) is 31.7 Å². The lowest BCUT2D eigenvalue weighted by Gasteiger charge is -2.08. The van der Waals surface area contributed by atoms with E-state index in [0.717, 1.165) is 0 Å². The summed E-state index contributed by atoms with van der Waals surface area (Å²) in [6.07, 6.45) is -0.158. The first-order valence-electron chi connectivity index (χ1n) is 2.89. The van der Waals surface area contributed by atoms with E-state index < -0.39 is 6.09 Å². The zero-order chi connectivity index (χ0) is 7.98. The molecule has 1 amide bonds. The van der Waals surface area contributed by atoms with Crippen LogP contribution in [-0.2, 0) is 4.74 Å². The van der Waals surface area contributed by atoms with Crippen LogP contribution in [0.2, 0.25) is 0 Å². The Bertz CT molecular complexity index is 148. The molecule has 0 saturated carbocycles. The van der Waals surface area contributed by atoms with Crippen LogP contribution < -0.4 is 0 Å². The van der Waals surface area contributed by atoms with Crippen molar-refractivity contribution in [3.8, 4) is 6.07 Å². The van der Waals surface area contributed by atoms with Crippen LogP contribution in [0.25, 0.3) is 0 Å². The number of carbonyl (C=O) groups is 1. The maximum atomic E-state index is 10.6. The van der Waals surface area contributed by atoms with Gasteiger partial charge in [-0.05, 0) is 0 Å². The van der Waals surface area contributed by atoms with Gasteiger partial charge in [0, 0.05) is 14.1 Å². The number of carbonyl (C=O) groups excluding carboxylic acids is 1. The van der Waals surface area contributed by atoms with Crippen molar-refractivity contribution in [1.82, 2.24) is 4.90 Å². The Kier molecular flexibility index (Phi) is 4.05. The maximum absolute atomic E-state index is 10.6. The van der Waals surface area contributed by atoms with Gasteiger partial charge in [0.05, 0.1) is 12.5 Å². The molecular formula is C6H10N2O2. The molecule has 0 radical (unpaired) electrons. The van der Waals surface area contributed by atoms with Gasteiger partial charge >= 0.3 is 6.09 Å². The van der Waals surface area contributed by atoms with Crippen LogP contribution in [0.5, 0.6) is 0 Å². The molecule has 0 rings (SSSR count). The molecule has 56 valence electrons. The van der Waals surface area contributed by atoms with Crippen molar-refractivity contribution in [1.29, 1.82) is 5.26 Å². The van der Waals surface area contributed by atoms with E-state index in [1.807, 2.05) is 6.07 Å². The van der Waals surface area contributed by atoms with Crippen molar-refractivity contribution in [2.24, 2.45) is 0 Å². The number of nitriles is 1. The molecule has 0 atom stereocenters. The lowest BCUT2D eigenvalue weighted by molar-refractivity contribution is 0.120. The van der Waals surface area contributed by atoms with E-state index in [0.29, 0.717) is 0 Å². The Morgan fingerprint density at radius 1 is 1.70 bits per heavy atom. The molecule has 0 aliphatic carbocycles. The second kappa shape index (κ2) is 4.62. The number of amides is 1. The summed E-state index contributed by atoms with van der Waals surface area (Å²) < 4.78 is 4.61. The van der Waals surface area contributed by atoms with Gasteiger partial charge in [-0.2, -0.15) is 5.26 Å². The van der Waals surface area contributed by atoms with Gasteiger partial charge in [-0.3, -0.25) is 0 Å². The molecule has 0 heterocycles. The molecule has 0 unspecified atom stereocenters. The Morgan fingerprint density at radius 3 is 2.70 bits per heavy atom. The smallest absolute Gasteiger partial charge is 0.409 e. The number of rotatable bonds is 2. The van der Waals surface area contributed by atoms with Gasteiger partial charge in [-0.25, -0.2) is 4.79 Å². The van der Waals surface area contributed by atoms with Crippen LogP contribution in [0.15, 0.2) is 0 Å². The highest BCUT2D eigenvalue weighted by Gasteiger charge is 2.01. The molecule has 4 nitrogen and oxygen atoms in total. The number of ether oxygens (including phenoxy) is 1. The molecule has 0 aromatic carbocycles. The third-order valence-electron chi connectivity index (χ3n) is 0.805. The summed E-state index contributed by atoms with van der Waals surface area (Å²) >= 11 is 0. The first kappa shape index (κ1) is 8.76. The molecule has 10 heavy (non-hydrogen) atoms. The summed E-state index contributed by atoms with van der Waals surface area (Å²) in [7, 11) is 3.18. The van der Waals surface area contributed by atoms with Crippen molar-refractivity contribution in [3.05, 3.63) is 0 Å². The quantitative estimate of drug-likeness (QED) is 0.530. The summed E-state index contributed by atoms with van der Waals surface area (Å²) in [6.45, 7) is 0.174. The van der Waals surface area contributed by atoms with Crippen LogP contribution in [0.3, 0.4) is 0 Å². The van der Waals surface area contributed by atoms with Gasteiger partial charge < -0.3 is 9.64 Å². The normalized spacial score (nSPS) is 8.10. The number of nitrogens with zero attached hydrogens (tertiary/aromatic N) is 2. The fraction of sp³-hybridized carbons (Fsp3) is 0.667. The molecule has 0 aliphatic heterocycles. The summed E-state index contributed by atoms with van der Waals surface area (Å²) in [5, 5.41) is 8.06. The van der Waals surface area contributed by atoms with Crippen LogP contribution in [0.1, 0.15) is 6.42 Å². The molecule has 0 fully saturated rings. The second-order valence-corrected chi connectivity index (χ2v) is 1.92. The molecule has 0 bridgehead atoms. The van der Waals surface area contributed by atoms with Crippen molar-refractivity contribution >= 4 is 6.09 Å².